The number of aromatic hydroxyl groups is 1. The van der Waals surface area contributed by atoms with Gasteiger partial charge in [0, 0.05) is 11.8 Å². The Labute approximate surface area is 150 Å². The van der Waals surface area contributed by atoms with Crippen LogP contribution in [-0.2, 0) is 11.0 Å². The Hall–Kier alpha value is -2.91. The summed E-state index contributed by atoms with van der Waals surface area (Å²) in [6.07, 6.45) is -3.09. The fourth-order valence-electron chi connectivity index (χ4n) is 3.25. The van der Waals surface area contributed by atoms with E-state index in [1.807, 2.05) is 0 Å². The molecule has 1 aliphatic heterocycles. The molecule has 1 atom stereocenters. The lowest BCUT2D eigenvalue weighted by Crippen LogP contribution is -2.20. The first-order chi connectivity index (χ1) is 12.9. The van der Waals surface area contributed by atoms with Crippen molar-refractivity contribution in [3.05, 3.63) is 58.1 Å². The van der Waals surface area contributed by atoms with Gasteiger partial charge in [-0.15, -0.1) is 0 Å². The average molecular weight is 378 g/mol. The van der Waals surface area contributed by atoms with Gasteiger partial charge in [-0.3, -0.25) is 0 Å². The maximum atomic E-state index is 13.9. The number of alkyl halides is 3. The molecule has 0 saturated carbocycles. The van der Waals surface area contributed by atoms with Gasteiger partial charge in [-0.25, -0.2) is 9.78 Å². The van der Waals surface area contributed by atoms with Crippen molar-refractivity contribution in [2.75, 3.05) is 6.61 Å². The minimum Gasteiger partial charge on any atom is -0.505 e. The third kappa shape index (κ3) is 2.94. The molecule has 0 aliphatic carbocycles. The molecule has 0 amide bonds. The fourth-order valence-corrected chi connectivity index (χ4v) is 3.25. The molecular formula is C18H13F3N2O4. The van der Waals surface area contributed by atoms with Crippen LogP contribution in [0.15, 0.2) is 45.7 Å². The van der Waals surface area contributed by atoms with Gasteiger partial charge < -0.3 is 14.4 Å². The first kappa shape index (κ1) is 17.5. The van der Waals surface area contributed by atoms with Gasteiger partial charge in [-0.2, -0.15) is 18.7 Å². The van der Waals surface area contributed by atoms with Gasteiger partial charge in [0.2, 0.25) is 0 Å². The third-order valence-electron chi connectivity index (χ3n) is 4.40. The van der Waals surface area contributed by atoms with Gasteiger partial charge in [0.1, 0.15) is 11.1 Å². The number of hydrogen-bond acceptors (Lipinski definition) is 6. The summed E-state index contributed by atoms with van der Waals surface area (Å²) >= 11 is 0. The van der Waals surface area contributed by atoms with Crippen LogP contribution in [0.4, 0.5) is 13.2 Å². The number of rotatable bonds is 2. The number of nitrogens with one attached hydrogen (secondary N) is 1. The third-order valence-corrected chi connectivity index (χ3v) is 4.40. The zero-order valence-electron chi connectivity index (χ0n) is 13.7. The number of benzene rings is 1. The van der Waals surface area contributed by atoms with Gasteiger partial charge in [-0.05, 0) is 24.1 Å². The van der Waals surface area contributed by atoms with Crippen LogP contribution in [-0.4, -0.2) is 16.7 Å². The predicted octanol–water partition coefficient (Wildman–Crippen LogP) is 3.55. The molecule has 2 aromatic heterocycles. The Morgan fingerprint density at radius 3 is 2.74 bits per heavy atom. The van der Waals surface area contributed by atoms with Crippen molar-refractivity contribution in [3.63, 3.8) is 0 Å². The van der Waals surface area contributed by atoms with Crippen molar-refractivity contribution in [2.45, 2.75) is 18.6 Å². The van der Waals surface area contributed by atoms with E-state index in [4.69, 9.17) is 9.25 Å². The van der Waals surface area contributed by atoms with E-state index in [1.165, 1.54) is 30.5 Å². The fraction of sp³-hybridized carbons (Fsp3) is 0.222. The highest BCUT2D eigenvalue weighted by molar-refractivity contribution is 5.88. The normalized spacial score (nSPS) is 17.5. The highest BCUT2D eigenvalue weighted by Crippen LogP contribution is 2.44. The molecular weight excluding hydrogens is 365 g/mol. The lowest BCUT2D eigenvalue weighted by molar-refractivity contribution is -0.138. The molecule has 1 unspecified atom stereocenters. The van der Waals surface area contributed by atoms with Crippen LogP contribution >= 0.6 is 0 Å². The maximum Gasteiger partial charge on any atom is 0.417 e. The van der Waals surface area contributed by atoms with Gasteiger partial charge in [-0.1, -0.05) is 18.2 Å². The topological polar surface area (TPSA) is 84.6 Å². The molecule has 3 heterocycles. The quantitative estimate of drug-likeness (QED) is 0.710. The van der Waals surface area contributed by atoms with Crippen molar-refractivity contribution in [1.29, 1.82) is 0 Å². The van der Waals surface area contributed by atoms with Crippen LogP contribution in [0.2, 0.25) is 0 Å². The first-order valence-electron chi connectivity index (χ1n) is 8.06. The second kappa shape index (κ2) is 6.36. The standard InChI is InChI=1S/C18H13F3N2O4/c19-18(20,21)14-9(11-6-8-26-23-11)3-1-4-10(14)13-16(24)15-12(27-17(13)25)5-2-7-22-15/h1-5,7,11,23-24H,6,8H2. The maximum absolute atomic E-state index is 13.9. The molecule has 140 valence electrons. The summed E-state index contributed by atoms with van der Waals surface area (Å²) in [7, 11) is 0. The van der Waals surface area contributed by atoms with E-state index in [9.17, 15) is 23.1 Å². The van der Waals surface area contributed by atoms with Crippen molar-refractivity contribution >= 4 is 11.1 Å². The molecule has 0 radical (unpaired) electrons. The predicted molar refractivity (Wildman–Crippen MR) is 88.8 cm³/mol. The number of fused-ring (bicyclic) bond motifs is 1. The van der Waals surface area contributed by atoms with Gasteiger partial charge in [0.25, 0.3) is 0 Å². The largest absolute Gasteiger partial charge is 0.505 e. The smallest absolute Gasteiger partial charge is 0.417 e. The second-order valence-corrected chi connectivity index (χ2v) is 6.04. The Kier molecular flexibility index (Phi) is 4.12. The van der Waals surface area contributed by atoms with Gasteiger partial charge in [0.05, 0.1) is 18.2 Å². The molecule has 3 aromatic rings. The highest BCUT2D eigenvalue weighted by atomic mass is 19.4. The summed E-state index contributed by atoms with van der Waals surface area (Å²) < 4.78 is 46.9. The molecule has 1 aromatic carbocycles. The SMILES string of the molecule is O=c1oc2cccnc2c(O)c1-c1cccc(C2CCON2)c1C(F)(F)F. The molecule has 2 N–H and O–H groups in total. The summed E-state index contributed by atoms with van der Waals surface area (Å²) in [6, 6.07) is 6.03. The lowest BCUT2D eigenvalue weighted by Gasteiger charge is -2.20. The van der Waals surface area contributed by atoms with E-state index in [-0.39, 0.29) is 23.3 Å². The summed E-state index contributed by atoms with van der Waals surface area (Å²) in [5, 5.41) is 10.5. The van der Waals surface area contributed by atoms with Crippen LogP contribution < -0.4 is 11.1 Å². The van der Waals surface area contributed by atoms with E-state index >= 15 is 0 Å². The average Bonchev–Trinajstić information content (AvgIpc) is 3.15. The van der Waals surface area contributed by atoms with E-state index in [0.717, 1.165) is 6.07 Å². The van der Waals surface area contributed by atoms with Crippen molar-refractivity contribution in [1.82, 2.24) is 10.5 Å². The summed E-state index contributed by atoms with van der Waals surface area (Å²) in [4.78, 5) is 21.3. The summed E-state index contributed by atoms with van der Waals surface area (Å²) in [5.41, 5.74) is -0.770. The lowest BCUT2D eigenvalue weighted by atomic mass is 9.91. The molecule has 1 fully saturated rings. The van der Waals surface area contributed by atoms with E-state index in [1.54, 1.807) is 0 Å². The van der Waals surface area contributed by atoms with Crippen molar-refractivity contribution in [2.24, 2.45) is 0 Å². The first-order valence-corrected chi connectivity index (χ1v) is 8.06. The number of halogens is 3. The number of pyridine rings is 1. The van der Waals surface area contributed by atoms with Crippen LogP contribution in [0, 0.1) is 0 Å². The van der Waals surface area contributed by atoms with Crippen LogP contribution in [0.25, 0.3) is 22.2 Å². The van der Waals surface area contributed by atoms with Crippen molar-refractivity contribution in [3.8, 4) is 16.9 Å². The summed E-state index contributed by atoms with van der Waals surface area (Å²) in [5.74, 6) is -0.653. The van der Waals surface area contributed by atoms with Gasteiger partial charge >= 0.3 is 11.8 Å². The molecule has 1 aliphatic rings. The molecule has 27 heavy (non-hydrogen) atoms. The van der Waals surface area contributed by atoms with Crippen LogP contribution in [0.1, 0.15) is 23.6 Å². The molecule has 9 heteroatoms. The zero-order valence-corrected chi connectivity index (χ0v) is 13.7. The molecule has 0 spiro atoms. The number of aromatic nitrogens is 1. The molecule has 0 bridgehead atoms. The Balaban J connectivity index is 2.04. The van der Waals surface area contributed by atoms with Crippen LogP contribution in [0.3, 0.4) is 0 Å². The van der Waals surface area contributed by atoms with Gasteiger partial charge in [0.15, 0.2) is 11.3 Å². The molecule has 1 saturated heterocycles. The zero-order chi connectivity index (χ0) is 19.2. The number of hydrogen-bond donors (Lipinski definition) is 2. The number of nitrogens with zero attached hydrogens (tertiary/aromatic N) is 1. The van der Waals surface area contributed by atoms with E-state index in [0.29, 0.717) is 6.42 Å². The number of hydroxylamine groups is 1. The highest BCUT2D eigenvalue weighted by Gasteiger charge is 2.40. The van der Waals surface area contributed by atoms with E-state index in [2.05, 4.69) is 10.5 Å². The Bertz CT molecular complexity index is 1070. The van der Waals surface area contributed by atoms with Crippen molar-refractivity contribution < 1.29 is 27.5 Å². The second-order valence-electron chi connectivity index (χ2n) is 6.04. The van der Waals surface area contributed by atoms with E-state index < -0.39 is 40.3 Å². The monoisotopic (exact) mass is 378 g/mol. The Morgan fingerprint density at radius 1 is 1.22 bits per heavy atom. The molecule has 4 rings (SSSR count). The molecule has 6 nitrogen and oxygen atoms in total. The Morgan fingerprint density at radius 2 is 2.04 bits per heavy atom. The van der Waals surface area contributed by atoms with Crippen LogP contribution in [0.5, 0.6) is 5.75 Å². The minimum absolute atomic E-state index is 0.0145. The summed E-state index contributed by atoms with van der Waals surface area (Å²) in [6.45, 7) is 0.263. The minimum atomic E-state index is -4.77.